The fourth-order valence-electron chi connectivity index (χ4n) is 3.46. The fourth-order valence-corrected chi connectivity index (χ4v) is 3.46. The van der Waals surface area contributed by atoms with Gasteiger partial charge in [0.2, 0.25) is 0 Å². The number of carbonyl (C=O) groups is 3. The molecule has 1 heterocycles. The first-order valence-corrected chi connectivity index (χ1v) is 10.1. The average molecular weight is 456 g/mol. The topological polar surface area (TPSA) is 172 Å². The predicted octanol–water partition coefficient (Wildman–Crippen LogP) is 2.83. The third kappa shape index (κ3) is 4.28. The molecule has 1 aromatic heterocycles. The van der Waals surface area contributed by atoms with Crippen LogP contribution in [0.25, 0.3) is 10.8 Å². The smallest absolute Gasteiger partial charge is 0.259 e. The molecule has 3 aromatic carbocycles. The van der Waals surface area contributed by atoms with Gasteiger partial charge in [0.15, 0.2) is 11.6 Å². The maximum absolute atomic E-state index is 13.1. The van der Waals surface area contributed by atoms with Crippen molar-refractivity contribution in [2.75, 3.05) is 16.2 Å². The minimum absolute atomic E-state index is 0.0570. The Kier molecular flexibility index (Phi) is 5.95. The molecule has 10 nitrogen and oxygen atoms in total. The number of aromatic hydroxyl groups is 1. The molecule has 0 atom stereocenters. The highest BCUT2D eigenvalue weighted by atomic mass is 16.3. The number of hydrogen-bond acceptors (Lipinski definition) is 7. The first-order chi connectivity index (χ1) is 16.4. The molecular weight excluding hydrogens is 436 g/mol. The first-order valence-electron chi connectivity index (χ1n) is 10.1. The molecule has 34 heavy (non-hydrogen) atoms. The Morgan fingerprint density at radius 3 is 2.24 bits per heavy atom. The number of carbonyl (C=O) groups excluding carboxylic acids is 3. The van der Waals surface area contributed by atoms with E-state index in [0.29, 0.717) is 10.8 Å². The minimum Gasteiger partial charge on any atom is -0.505 e. The Morgan fingerprint density at radius 2 is 1.47 bits per heavy atom. The summed E-state index contributed by atoms with van der Waals surface area (Å²) >= 11 is 0. The van der Waals surface area contributed by atoms with Crippen molar-refractivity contribution < 1.29 is 19.5 Å². The van der Waals surface area contributed by atoms with E-state index in [1.165, 1.54) is 30.5 Å². The van der Waals surface area contributed by atoms with E-state index in [1.54, 1.807) is 42.5 Å². The highest BCUT2D eigenvalue weighted by Gasteiger charge is 2.20. The van der Waals surface area contributed by atoms with Gasteiger partial charge in [-0.25, -0.2) is 4.98 Å². The van der Waals surface area contributed by atoms with Crippen LogP contribution in [0.2, 0.25) is 0 Å². The van der Waals surface area contributed by atoms with Crippen LogP contribution in [-0.2, 0) is 0 Å². The van der Waals surface area contributed by atoms with E-state index in [0.717, 1.165) is 0 Å². The number of para-hydroxylation sites is 1. The summed E-state index contributed by atoms with van der Waals surface area (Å²) in [5.41, 5.74) is 17.0. The van der Waals surface area contributed by atoms with Gasteiger partial charge in [0.25, 0.3) is 17.7 Å². The van der Waals surface area contributed by atoms with Gasteiger partial charge in [-0.3, -0.25) is 25.2 Å². The fraction of sp³-hybridized carbons (Fsp3) is 0. The quantitative estimate of drug-likeness (QED) is 0.183. The van der Waals surface area contributed by atoms with Crippen molar-refractivity contribution >= 4 is 45.7 Å². The molecule has 0 spiro atoms. The standard InChI is InChI=1S/C24H20N6O4/c25-21(32)15-8-3-4-10-18(15)28-24(34)17-12-13-6-1-2-7-14(13)19(20(17)31)29-30-23-16(22(26)33)9-5-11-27-23/h1-12,29,31H,(H2,25,32)(H2,26,33)(H,27,30)(H,28,34). The van der Waals surface area contributed by atoms with Crippen LogP contribution >= 0.6 is 0 Å². The number of nitrogens with zero attached hydrogens (tertiary/aromatic N) is 1. The van der Waals surface area contributed by atoms with E-state index in [-0.39, 0.29) is 39.6 Å². The zero-order valence-corrected chi connectivity index (χ0v) is 17.7. The van der Waals surface area contributed by atoms with Crippen molar-refractivity contribution in [3.8, 4) is 5.75 Å². The molecule has 10 heteroatoms. The highest BCUT2D eigenvalue weighted by Crippen LogP contribution is 2.36. The van der Waals surface area contributed by atoms with Crippen LogP contribution < -0.4 is 27.6 Å². The van der Waals surface area contributed by atoms with Gasteiger partial charge in [-0.15, -0.1) is 0 Å². The molecule has 0 aliphatic carbocycles. The van der Waals surface area contributed by atoms with E-state index >= 15 is 0 Å². The average Bonchev–Trinajstić information content (AvgIpc) is 2.83. The van der Waals surface area contributed by atoms with Crippen molar-refractivity contribution in [3.05, 3.63) is 89.6 Å². The molecule has 0 radical (unpaired) electrons. The van der Waals surface area contributed by atoms with Gasteiger partial charge >= 0.3 is 0 Å². The summed E-state index contributed by atoms with van der Waals surface area (Å²) in [6, 6.07) is 17.9. The molecule has 0 aliphatic rings. The zero-order valence-electron chi connectivity index (χ0n) is 17.7. The number of rotatable bonds is 7. The second-order valence-corrected chi connectivity index (χ2v) is 7.25. The Balaban J connectivity index is 1.73. The molecule has 3 amide bonds. The molecule has 0 bridgehead atoms. The maximum Gasteiger partial charge on any atom is 0.259 e. The maximum atomic E-state index is 13.1. The van der Waals surface area contributed by atoms with Gasteiger partial charge in [-0.05, 0) is 35.7 Å². The van der Waals surface area contributed by atoms with Crippen LogP contribution in [0.4, 0.5) is 17.2 Å². The van der Waals surface area contributed by atoms with Gasteiger partial charge in [0, 0.05) is 11.6 Å². The van der Waals surface area contributed by atoms with Crippen LogP contribution in [0.3, 0.4) is 0 Å². The van der Waals surface area contributed by atoms with Crippen molar-refractivity contribution in [1.82, 2.24) is 4.98 Å². The lowest BCUT2D eigenvalue weighted by Crippen LogP contribution is -2.20. The Morgan fingerprint density at radius 1 is 0.794 bits per heavy atom. The summed E-state index contributed by atoms with van der Waals surface area (Å²) in [5.74, 6) is -2.27. The summed E-state index contributed by atoms with van der Waals surface area (Å²) in [6.07, 6.45) is 1.47. The Labute approximate surface area is 193 Å². The van der Waals surface area contributed by atoms with Crippen LogP contribution in [0.1, 0.15) is 31.1 Å². The number of aromatic nitrogens is 1. The van der Waals surface area contributed by atoms with E-state index in [2.05, 4.69) is 21.2 Å². The number of benzene rings is 3. The number of hydrazine groups is 1. The third-order valence-electron chi connectivity index (χ3n) is 5.09. The summed E-state index contributed by atoms with van der Waals surface area (Å²) in [6.45, 7) is 0. The molecule has 170 valence electrons. The normalized spacial score (nSPS) is 10.5. The number of amides is 3. The van der Waals surface area contributed by atoms with Crippen molar-refractivity contribution in [2.45, 2.75) is 0 Å². The molecule has 0 aliphatic heterocycles. The van der Waals surface area contributed by atoms with E-state index in [9.17, 15) is 19.5 Å². The van der Waals surface area contributed by atoms with Crippen molar-refractivity contribution in [1.29, 1.82) is 0 Å². The molecule has 0 saturated heterocycles. The van der Waals surface area contributed by atoms with Gasteiger partial charge in [-0.1, -0.05) is 36.4 Å². The van der Waals surface area contributed by atoms with Crippen LogP contribution in [0.5, 0.6) is 5.75 Å². The number of pyridine rings is 1. The summed E-state index contributed by atoms with van der Waals surface area (Å²) in [7, 11) is 0. The zero-order chi connectivity index (χ0) is 24.2. The van der Waals surface area contributed by atoms with Gasteiger partial charge in [0.1, 0.15) is 5.69 Å². The molecule has 8 N–H and O–H groups in total. The monoisotopic (exact) mass is 456 g/mol. The van der Waals surface area contributed by atoms with Crippen LogP contribution in [0, 0.1) is 0 Å². The van der Waals surface area contributed by atoms with Gasteiger partial charge in [0.05, 0.1) is 22.4 Å². The lowest BCUT2D eigenvalue weighted by Gasteiger charge is -2.17. The number of phenolic OH excluding ortho intramolecular Hbond substituents is 1. The number of anilines is 3. The molecule has 0 saturated carbocycles. The lowest BCUT2D eigenvalue weighted by molar-refractivity contribution is 0.0991. The molecule has 4 aromatic rings. The number of nitrogens with two attached hydrogens (primary N) is 2. The Hall–Kier alpha value is -5.12. The SMILES string of the molecule is NC(=O)c1ccccc1NC(=O)c1cc2ccccc2c(NNc2ncccc2C(N)=O)c1O. The van der Waals surface area contributed by atoms with Crippen LogP contribution in [0.15, 0.2) is 72.9 Å². The molecule has 0 fully saturated rings. The largest absolute Gasteiger partial charge is 0.505 e. The third-order valence-corrected chi connectivity index (χ3v) is 5.09. The summed E-state index contributed by atoms with van der Waals surface area (Å²) < 4.78 is 0. The second-order valence-electron chi connectivity index (χ2n) is 7.25. The van der Waals surface area contributed by atoms with Crippen molar-refractivity contribution in [3.63, 3.8) is 0 Å². The molecule has 0 unspecified atom stereocenters. The molecular formula is C24H20N6O4. The predicted molar refractivity (Wildman–Crippen MR) is 129 cm³/mol. The van der Waals surface area contributed by atoms with Gasteiger partial charge < -0.3 is 21.9 Å². The summed E-state index contributed by atoms with van der Waals surface area (Å²) in [4.78, 5) is 40.5. The minimum atomic E-state index is -0.703. The second kappa shape index (κ2) is 9.17. The van der Waals surface area contributed by atoms with Gasteiger partial charge in [-0.2, -0.15) is 0 Å². The Bertz CT molecular complexity index is 1440. The number of hydrogen-bond donors (Lipinski definition) is 6. The highest BCUT2D eigenvalue weighted by molar-refractivity contribution is 6.14. The van der Waals surface area contributed by atoms with E-state index in [1.807, 2.05) is 0 Å². The number of fused-ring (bicyclic) bond motifs is 1. The van der Waals surface area contributed by atoms with Crippen molar-refractivity contribution in [2.24, 2.45) is 11.5 Å². The number of nitrogens with one attached hydrogen (secondary N) is 3. The van der Waals surface area contributed by atoms with E-state index < -0.39 is 17.7 Å². The summed E-state index contributed by atoms with van der Waals surface area (Å²) in [5, 5.41) is 14.9. The number of phenols is 1. The van der Waals surface area contributed by atoms with E-state index in [4.69, 9.17) is 11.5 Å². The molecule has 4 rings (SSSR count). The lowest BCUT2D eigenvalue weighted by atomic mass is 10.0. The first kappa shape index (κ1) is 22.1. The van der Waals surface area contributed by atoms with Crippen LogP contribution in [-0.4, -0.2) is 27.8 Å². The number of primary amides is 2.